The molecule has 128 valence electrons. The first-order valence-corrected chi connectivity index (χ1v) is 9.10. The number of carbonyl (C=O) groups excluding carboxylic acids is 1. The highest BCUT2D eigenvalue weighted by molar-refractivity contribution is 9.10. The molecule has 5 heteroatoms. The lowest BCUT2D eigenvalue weighted by Gasteiger charge is -2.28. The minimum Gasteiger partial charge on any atom is -0.444 e. The summed E-state index contributed by atoms with van der Waals surface area (Å²) >= 11 is 3.56. The van der Waals surface area contributed by atoms with Gasteiger partial charge in [-0.15, -0.1) is 0 Å². The molecule has 0 spiro atoms. The number of likely N-dealkylation sites (tertiary alicyclic amines) is 1. The predicted molar refractivity (Wildman–Crippen MR) is 96.4 cm³/mol. The lowest BCUT2D eigenvalue weighted by Crippen LogP contribution is -2.40. The van der Waals surface area contributed by atoms with E-state index in [1.54, 1.807) is 0 Å². The lowest BCUT2D eigenvalue weighted by atomic mass is 10.1. The van der Waals surface area contributed by atoms with Gasteiger partial charge in [0.1, 0.15) is 5.60 Å². The van der Waals surface area contributed by atoms with Gasteiger partial charge in [0.2, 0.25) is 0 Å². The molecule has 1 aliphatic heterocycles. The molecule has 1 aliphatic rings. The molecule has 23 heavy (non-hydrogen) atoms. The average molecular weight is 383 g/mol. The number of benzene rings is 1. The maximum Gasteiger partial charge on any atom is 0.410 e. The largest absolute Gasteiger partial charge is 0.444 e. The van der Waals surface area contributed by atoms with Crippen molar-refractivity contribution >= 4 is 22.0 Å². The third-order valence-electron chi connectivity index (χ3n) is 3.93. The highest BCUT2D eigenvalue weighted by Crippen LogP contribution is 2.23. The fraction of sp³-hybridized carbons (Fsp3) is 0.611. The number of hydrogen-bond acceptors (Lipinski definition) is 3. The Morgan fingerprint density at radius 2 is 2.13 bits per heavy atom. The zero-order valence-corrected chi connectivity index (χ0v) is 15.9. The quantitative estimate of drug-likeness (QED) is 0.770. The molecule has 0 aromatic heterocycles. The summed E-state index contributed by atoms with van der Waals surface area (Å²) in [6.45, 7) is 8.27. The van der Waals surface area contributed by atoms with Crippen LogP contribution in [0.5, 0.6) is 0 Å². The summed E-state index contributed by atoms with van der Waals surface area (Å²) in [6, 6.07) is 8.52. The number of rotatable bonds is 5. The topological polar surface area (TPSA) is 41.6 Å². The summed E-state index contributed by atoms with van der Waals surface area (Å²) in [5, 5.41) is 3.47. The first-order valence-electron chi connectivity index (χ1n) is 8.30. The number of nitrogens with zero attached hydrogens (tertiary/aromatic N) is 1. The Kier molecular flexibility index (Phi) is 6.48. The highest BCUT2D eigenvalue weighted by Gasteiger charge is 2.31. The summed E-state index contributed by atoms with van der Waals surface area (Å²) in [5.74, 6) is 0. The maximum absolute atomic E-state index is 12.2. The summed E-state index contributed by atoms with van der Waals surface area (Å²) in [6.07, 6.45) is 2.92. The van der Waals surface area contributed by atoms with E-state index in [-0.39, 0.29) is 12.1 Å². The third kappa shape index (κ3) is 5.81. The van der Waals surface area contributed by atoms with Crippen LogP contribution in [0.4, 0.5) is 4.79 Å². The SMILES string of the molecule is CC(C)(C)OC(=O)N1CCCC1CCNCc1ccccc1Br. The Labute approximate surface area is 147 Å². The van der Waals surface area contributed by atoms with E-state index in [0.29, 0.717) is 0 Å². The van der Waals surface area contributed by atoms with Gasteiger partial charge in [0, 0.05) is 23.6 Å². The summed E-state index contributed by atoms with van der Waals surface area (Å²) < 4.78 is 6.63. The molecule has 1 saturated heterocycles. The van der Waals surface area contributed by atoms with Crippen molar-refractivity contribution in [2.24, 2.45) is 0 Å². The number of amides is 1. The second kappa shape index (κ2) is 8.15. The Balaban J connectivity index is 1.76. The van der Waals surface area contributed by atoms with Crippen LogP contribution in [-0.4, -0.2) is 35.7 Å². The molecule has 1 N–H and O–H groups in total. The van der Waals surface area contributed by atoms with Crippen LogP contribution in [0.25, 0.3) is 0 Å². The van der Waals surface area contributed by atoms with E-state index >= 15 is 0 Å². The third-order valence-corrected chi connectivity index (χ3v) is 4.71. The minimum atomic E-state index is -0.429. The van der Waals surface area contributed by atoms with Crippen molar-refractivity contribution in [3.8, 4) is 0 Å². The lowest BCUT2D eigenvalue weighted by molar-refractivity contribution is 0.0220. The zero-order valence-electron chi connectivity index (χ0n) is 14.3. The summed E-state index contributed by atoms with van der Waals surface area (Å²) in [5.41, 5.74) is 0.824. The Hall–Kier alpha value is -1.07. The molecule has 1 aromatic carbocycles. The van der Waals surface area contributed by atoms with Crippen LogP contribution >= 0.6 is 15.9 Å². The molecule has 0 aliphatic carbocycles. The van der Waals surface area contributed by atoms with Gasteiger partial charge in [-0.3, -0.25) is 0 Å². The van der Waals surface area contributed by atoms with E-state index in [0.717, 1.165) is 43.4 Å². The van der Waals surface area contributed by atoms with E-state index in [2.05, 4.69) is 33.4 Å². The molecule has 1 amide bonds. The molecular formula is C18H27BrN2O2. The van der Waals surface area contributed by atoms with Crippen LogP contribution in [0.15, 0.2) is 28.7 Å². The molecule has 1 atom stereocenters. The fourth-order valence-electron chi connectivity index (χ4n) is 2.83. The molecule has 4 nitrogen and oxygen atoms in total. The molecule has 1 aromatic rings. The van der Waals surface area contributed by atoms with E-state index in [4.69, 9.17) is 4.74 Å². The van der Waals surface area contributed by atoms with Crippen molar-refractivity contribution in [1.29, 1.82) is 0 Å². The maximum atomic E-state index is 12.2. The normalized spacial score (nSPS) is 18.3. The van der Waals surface area contributed by atoms with E-state index in [1.807, 2.05) is 37.8 Å². The zero-order chi connectivity index (χ0) is 16.9. The van der Waals surface area contributed by atoms with Gasteiger partial charge in [0.25, 0.3) is 0 Å². The van der Waals surface area contributed by atoms with Gasteiger partial charge < -0.3 is 15.0 Å². The standard InChI is InChI=1S/C18H27BrN2O2/c1-18(2,3)23-17(22)21-12-6-8-15(21)10-11-20-13-14-7-4-5-9-16(14)19/h4-5,7,9,15,20H,6,8,10-13H2,1-3H3. The smallest absolute Gasteiger partial charge is 0.410 e. The molecule has 0 saturated carbocycles. The van der Waals surface area contributed by atoms with Crippen LogP contribution in [0, 0.1) is 0 Å². The predicted octanol–water partition coefficient (Wildman–Crippen LogP) is 4.33. The molecule has 1 fully saturated rings. The van der Waals surface area contributed by atoms with Gasteiger partial charge in [-0.1, -0.05) is 34.1 Å². The van der Waals surface area contributed by atoms with E-state index in [1.165, 1.54) is 5.56 Å². The Morgan fingerprint density at radius 3 is 2.83 bits per heavy atom. The molecule has 1 unspecified atom stereocenters. The minimum absolute atomic E-state index is 0.175. The summed E-state index contributed by atoms with van der Waals surface area (Å²) in [4.78, 5) is 14.1. The van der Waals surface area contributed by atoms with Gasteiger partial charge in [0.05, 0.1) is 0 Å². The molecule has 2 rings (SSSR count). The van der Waals surface area contributed by atoms with Crippen LogP contribution in [0.3, 0.4) is 0 Å². The van der Waals surface area contributed by atoms with Gasteiger partial charge in [0.15, 0.2) is 0 Å². The van der Waals surface area contributed by atoms with Gasteiger partial charge in [-0.2, -0.15) is 0 Å². The van der Waals surface area contributed by atoms with Crippen molar-refractivity contribution in [2.75, 3.05) is 13.1 Å². The van der Waals surface area contributed by atoms with Crippen molar-refractivity contribution in [2.45, 2.75) is 58.2 Å². The van der Waals surface area contributed by atoms with Crippen molar-refractivity contribution in [3.05, 3.63) is 34.3 Å². The number of halogens is 1. The fourth-order valence-corrected chi connectivity index (χ4v) is 3.26. The first kappa shape index (κ1) is 18.3. The number of carbonyl (C=O) groups is 1. The Morgan fingerprint density at radius 1 is 1.39 bits per heavy atom. The van der Waals surface area contributed by atoms with Crippen LogP contribution < -0.4 is 5.32 Å². The Bertz CT molecular complexity index is 528. The van der Waals surface area contributed by atoms with Crippen molar-refractivity contribution in [1.82, 2.24) is 10.2 Å². The second-order valence-electron chi connectivity index (χ2n) is 7.03. The van der Waals surface area contributed by atoms with Gasteiger partial charge in [-0.05, 0) is 58.2 Å². The van der Waals surface area contributed by atoms with E-state index in [9.17, 15) is 4.79 Å². The molecule has 0 bridgehead atoms. The first-order chi connectivity index (χ1) is 10.9. The van der Waals surface area contributed by atoms with Crippen LogP contribution in [-0.2, 0) is 11.3 Å². The number of hydrogen-bond donors (Lipinski definition) is 1. The molecule has 0 radical (unpaired) electrons. The molecular weight excluding hydrogens is 356 g/mol. The highest BCUT2D eigenvalue weighted by atomic mass is 79.9. The molecule has 1 heterocycles. The number of ether oxygens (including phenoxy) is 1. The van der Waals surface area contributed by atoms with Crippen molar-refractivity contribution < 1.29 is 9.53 Å². The number of nitrogens with one attached hydrogen (secondary N) is 1. The average Bonchev–Trinajstić information content (AvgIpc) is 2.92. The van der Waals surface area contributed by atoms with E-state index < -0.39 is 5.60 Å². The van der Waals surface area contributed by atoms with Crippen LogP contribution in [0.1, 0.15) is 45.6 Å². The second-order valence-corrected chi connectivity index (χ2v) is 7.88. The van der Waals surface area contributed by atoms with Gasteiger partial charge >= 0.3 is 6.09 Å². The monoisotopic (exact) mass is 382 g/mol. The van der Waals surface area contributed by atoms with Crippen molar-refractivity contribution in [3.63, 3.8) is 0 Å². The van der Waals surface area contributed by atoms with Gasteiger partial charge in [-0.25, -0.2) is 4.79 Å². The summed E-state index contributed by atoms with van der Waals surface area (Å²) in [7, 11) is 0. The van der Waals surface area contributed by atoms with Crippen LogP contribution in [0.2, 0.25) is 0 Å².